The van der Waals surface area contributed by atoms with E-state index in [-0.39, 0.29) is 10.8 Å². The van der Waals surface area contributed by atoms with E-state index < -0.39 is 10.0 Å². The highest BCUT2D eigenvalue weighted by atomic mass is 32.2. The Labute approximate surface area is 157 Å². The van der Waals surface area contributed by atoms with Crippen molar-refractivity contribution in [1.29, 1.82) is 0 Å². The number of nitrogens with one attached hydrogen (secondary N) is 2. The maximum absolute atomic E-state index is 12.2. The second-order valence-corrected chi connectivity index (χ2v) is 9.19. The van der Waals surface area contributed by atoms with Gasteiger partial charge in [0, 0.05) is 12.6 Å². The fourth-order valence-electron chi connectivity index (χ4n) is 2.99. The molecule has 0 spiro atoms. The van der Waals surface area contributed by atoms with Crippen molar-refractivity contribution in [2.45, 2.75) is 69.9 Å². The molecule has 1 aromatic rings. The second-order valence-electron chi connectivity index (χ2n) is 7.42. The van der Waals surface area contributed by atoms with Gasteiger partial charge in [-0.3, -0.25) is 0 Å². The number of hydrogen-bond donors (Lipinski definition) is 3. The van der Waals surface area contributed by atoms with Crippen molar-refractivity contribution in [3.63, 3.8) is 0 Å². The first kappa shape index (κ1) is 20.7. The molecule has 146 valence electrons. The van der Waals surface area contributed by atoms with Crippen molar-refractivity contribution >= 4 is 16.0 Å². The summed E-state index contributed by atoms with van der Waals surface area (Å²) in [7, 11) is -3.45. The van der Waals surface area contributed by atoms with Gasteiger partial charge in [-0.25, -0.2) is 18.1 Å². The molecule has 0 saturated heterocycles. The van der Waals surface area contributed by atoms with Gasteiger partial charge in [0.15, 0.2) is 5.96 Å². The molecule has 4 N–H and O–H groups in total. The second kappa shape index (κ2) is 9.92. The summed E-state index contributed by atoms with van der Waals surface area (Å²) in [4.78, 5) is 4.66. The number of nitrogens with zero attached hydrogens (tertiary/aromatic N) is 1. The van der Waals surface area contributed by atoms with E-state index in [0.717, 1.165) is 18.4 Å². The maximum Gasteiger partial charge on any atom is 0.240 e. The van der Waals surface area contributed by atoms with Gasteiger partial charge in [0.25, 0.3) is 0 Å². The Morgan fingerprint density at radius 1 is 1.15 bits per heavy atom. The minimum absolute atomic E-state index is 0.266. The van der Waals surface area contributed by atoms with Crippen molar-refractivity contribution in [2.24, 2.45) is 16.6 Å². The van der Waals surface area contributed by atoms with E-state index in [4.69, 9.17) is 5.73 Å². The summed E-state index contributed by atoms with van der Waals surface area (Å²) < 4.78 is 27.0. The lowest BCUT2D eigenvalue weighted by Crippen LogP contribution is -2.39. The van der Waals surface area contributed by atoms with Gasteiger partial charge in [0.05, 0.1) is 11.4 Å². The van der Waals surface area contributed by atoms with E-state index in [1.54, 1.807) is 24.3 Å². The molecule has 0 heterocycles. The average Bonchev–Trinajstić information content (AvgIpc) is 2.87. The Morgan fingerprint density at radius 3 is 2.35 bits per heavy atom. The van der Waals surface area contributed by atoms with Gasteiger partial charge in [-0.15, -0.1) is 0 Å². The van der Waals surface area contributed by atoms with Crippen LogP contribution in [0, 0.1) is 5.92 Å². The number of benzene rings is 1. The van der Waals surface area contributed by atoms with Crippen molar-refractivity contribution < 1.29 is 8.42 Å². The van der Waals surface area contributed by atoms with Crippen molar-refractivity contribution in [2.75, 3.05) is 6.54 Å². The lowest BCUT2D eigenvalue weighted by Gasteiger charge is -2.16. The molecule has 0 atom stereocenters. The Kier molecular flexibility index (Phi) is 7.90. The molecular formula is C19H32N4O2S. The van der Waals surface area contributed by atoms with Gasteiger partial charge in [0.1, 0.15) is 0 Å². The summed E-state index contributed by atoms with van der Waals surface area (Å²) in [5.41, 5.74) is 6.93. The fraction of sp³-hybridized carbons (Fsp3) is 0.632. The molecule has 2 rings (SSSR count). The zero-order valence-electron chi connectivity index (χ0n) is 15.9. The molecule has 1 aliphatic rings. The van der Waals surface area contributed by atoms with Crippen LogP contribution < -0.4 is 15.8 Å². The largest absolute Gasteiger partial charge is 0.370 e. The first-order valence-electron chi connectivity index (χ1n) is 9.52. The minimum Gasteiger partial charge on any atom is -0.370 e. The van der Waals surface area contributed by atoms with Crippen LogP contribution in [-0.4, -0.2) is 27.0 Å². The molecule has 0 amide bonds. The third kappa shape index (κ3) is 6.96. The van der Waals surface area contributed by atoms with Crippen LogP contribution in [-0.2, 0) is 16.6 Å². The van der Waals surface area contributed by atoms with Crippen molar-refractivity contribution in [3.8, 4) is 0 Å². The normalized spacial score (nSPS) is 17.3. The van der Waals surface area contributed by atoms with Crippen LogP contribution in [0.5, 0.6) is 0 Å². The fourth-order valence-corrected chi connectivity index (χ4v) is 4.20. The lowest BCUT2D eigenvalue weighted by molar-refractivity contribution is 0.530. The number of aliphatic imine (C=N–C) groups is 1. The van der Waals surface area contributed by atoms with Gasteiger partial charge in [-0.05, 0) is 36.5 Å². The number of hydrogen-bond acceptors (Lipinski definition) is 3. The predicted octanol–water partition coefficient (Wildman–Crippen LogP) is 2.75. The van der Waals surface area contributed by atoms with E-state index in [2.05, 4.69) is 15.0 Å². The van der Waals surface area contributed by atoms with E-state index in [1.165, 1.54) is 25.7 Å². The molecule has 0 radical (unpaired) electrons. The van der Waals surface area contributed by atoms with E-state index in [0.29, 0.717) is 25.1 Å². The lowest BCUT2D eigenvalue weighted by atomic mass is 10.1. The van der Waals surface area contributed by atoms with Crippen LogP contribution in [0.2, 0.25) is 0 Å². The Bertz CT molecular complexity index is 676. The Hall–Kier alpha value is -1.60. The molecule has 0 bridgehead atoms. The summed E-state index contributed by atoms with van der Waals surface area (Å²) in [6.07, 6.45) is 7.38. The highest BCUT2D eigenvalue weighted by Gasteiger charge is 2.14. The number of sulfonamides is 1. The topological polar surface area (TPSA) is 96.6 Å². The molecule has 0 unspecified atom stereocenters. The molecule has 0 aromatic heterocycles. The molecule has 6 nitrogen and oxygen atoms in total. The zero-order chi connectivity index (χ0) is 19.0. The minimum atomic E-state index is -3.45. The first-order chi connectivity index (χ1) is 12.4. The third-order valence-corrected chi connectivity index (χ3v) is 5.99. The van der Waals surface area contributed by atoms with E-state index >= 15 is 0 Å². The smallest absolute Gasteiger partial charge is 0.240 e. The van der Waals surface area contributed by atoms with Crippen LogP contribution in [0.25, 0.3) is 0 Å². The van der Waals surface area contributed by atoms with Crippen molar-refractivity contribution in [1.82, 2.24) is 10.0 Å². The molecule has 0 aliphatic heterocycles. The van der Waals surface area contributed by atoms with Gasteiger partial charge in [-0.1, -0.05) is 51.7 Å². The summed E-state index contributed by atoms with van der Waals surface area (Å²) in [6.45, 7) is 4.80. The maximum atomic E-state index is 12.2. The Balaban J connectivity index is 1.89. The molecule has 1 aliphatic carbocycles. The van der Waals surface area contributed by atoms with Crippen molar-refractivity contribution in [3.05, 3.63) is 29.8 Å². The van der Waals surface area contributed by atoms with Gasteiger partial charge in [-0.2, -0.15) is 0 Å². The van der Waals surface area contributed by atoms with Gasteiger partial charge < -0.3 is 11.1 Å². The highest BCUT2D eigenvalue weighted by Crippen LogP contribution is 2.17. The molecular weight excluding hydrogens is 348 g/mol. The van der Waals surface area contributed by atoms with Crippen LogP contribution >= 0.6 is 0 Å². The quantitative estimate of drug-likeness (QED) is 0.385. The van der Waals surface area contributed by atoms with Gasteiger partial charge in [0.2, 0.25) is 10.0 Å². The van der Waals surface area contributed by atoms with Crippen LogP contribution in [0.3, 0.4) is 0 Å². The first-order valence-corrected chi connectivity index (χ1v) is 11.0. The highest BCUT2D eigenvalue weighted by molar-refractivity contribution is 7.89. The monoisotopic (exact) mass is 380 g/mol. The zero-order valence-corrected chi connectivity index (χ0v) is 16.7. The summed E-state index contributed by atoms with van der Waals surface area (Å²) in [6, 6.07) is 7.21. The summed E-state index contributed by atoms with van der Waals surface area (Å²) in [5.74, 6) is 0.731. The number of rotatable bonds is 7. The summed E-state index contributed by atoms with van der Waals surface area (Å²) >= 11 is 0. The SMILES string of the molecule is CC(C)CNS(=O)(=O)c1ccc(CN=C(N)NC2CCCCCC2)cc1. The van der Waals surface area contributed by atoms with E-state index in [1.807, 2.05) is 13.8 Å². The number of guanidine groups is 1. The third-order valence-electron chi connectivity index (χ3n) is 4.55. The molecule has 1 saturated carbocycles. The standard InChI is InChI=1S/C19H32N4O2S/c1-15(2)13-22-26(24,25)18-11-9-16(10-12-18)14-21-19(20)23-17-7-5-3-4-6-8-17/h9-12,15,17,22H,3-8,13-14H2,1-2H3,(H3,20,21,23). The van der Waals surface area contributed by atoms with Crippen LogP contribution in [0.4, 0.5) is 0 Å². The van der Waals surface area contributed by atoms with E-state index in [9.17, 15) is 8.42 Å². The molecule has 1 aromatic carbocycles. The molecule has 1 fully saturated rings. The van der Waals surface area contributed by atoms with Crippen LogP contribution in [0.1, 0.15) is 57.9 Å². The summed E-state index contributed by atoms with van der Waals surface area (Å²) in [5, 5.41) is 3.31. The Morgan fingerprint density at radius 2 is 1.77 bits per heavy atom. The van der Waals surface area contributed by atoms with Gasteiger partial charge >= 0.3 is 0 Å². The molecule has 26 heavy (non-hydrogen) atoms. The number of nitrogens with two attached hydrogens (primary N) is 1. The predicted molar refractivity (Wildman–Crippen MR) is 106 cm³/mol. The van der Waals surface area contributed by atoms with Crippen LogP contribution in [0.15, 0.2) is 34.2 Å². The average molecular weight is 381 g/mol. The molecule has 7 heteroatoms.